The highest BCUT2D eigenvalue weighted by Gasteiger charge is 1.98. The van der Waals surface area contributed by atoms with Crippen molar-refractivity contribution in [3.05, 3.63) is 0 Å². The molecule has 0 fully saturated rings. The van der Waals surface area contributed by atoms with Crippen LogP contribution in [0.3, 0.4) is 0 Å². The maximum Gasteiger partial charge on any atom is 0.0701 e. The average Bonchev–Trinajstić information content (AvgIpc) is 2.54. The first-order valence-corrected chi connectivity index (χ1v) is 8.73. The highest BCUT2D eigenvalue weighted by Crippen LogP contribution is 2.11. The molecule has 134 valence electrons. The van der Waals surface area contributed by atoms with Crippen LogP contribution in [0.5, 0.6) is 0 Å². The first-order valence-electron chi connectivity index (χ1n) is 8.73. The van der Waals surface area contributed by atoms with Crippen molar-refractivity contribution < 1.29 is 24.1 Å². The molecule has 0 radical (unpaired) electrons. The van der Waals surface area contributed by atoms with Crippen LogP contribution >= 0.6 is 0 Å². The summed E-state index contributed by atoms with van der Waals surface area (Å²) in [5.74, 6) is 0.859. The normalized spacial score (nSPS) is 12.7. The Morgan fingerprint density at radius 1 is 0.682 bits per heavy atom. The van der Waals surface area contributed by atoms with Crippen molar-refractivity contribution in [2.45, 2.75) is 46.0 Å². The molecule has 0 bridgehead atoms. The van der Waals surface area contributed by atoms with Crippen LogP contribution < -0.4 is 0 Å². The zero-order chi connectivity index (χ0) is 16.3. The zero-order valence-electron chi connectivity index (χ0n) is 14.6. The number of ether oxygens (including phenoxy) is 4. The van der Waals surface area contributed by atoms with E-state index in [0.29, 0.717) is 46.2 Å². The van der Waals surface area contributed by atoms with E-state index in [1.807, 2.05) is 0 Å². The van der Waals surface area contributed by atoms with Crippen molar-refractivity contribution in [2.75, 3.05) is 59.5 Å². The maximum absolute atomic E-state index is 8.50. The van der Waals surface area contributed by atoms with E-state index < -0.39 is 0 Å². The minimum Gasteiger partial charge on any atom is -0.394 e. The Hall–Kier alpha value is -0.200. The van der Waals surface area contributed by atoms with E-state index in [4.69, 9.17) is 24.1 Å². The quantitative estimate of drug-likeness (QED) is 0.394. The van der Waals surface area contributed by atoms with Crippen LogP contribution in [0.4, 0.5) is 0 Å². The van der Waals surface area contributed by atoms with Crippen molar-refractivity contribution in [1.29, 1.82) is 0 Å². The van der Waals surface area contributed by atoms with E-state index in [1.165, 1.54) is 25.7 Å². The van der Waals surface area contributed by atoms with Gasteiger partial charge in [-0.05, 0) is 12.3 Å². The summed E-state index contributed by atoms with van der Waals surface area (Å²) in [7, 11) is 0. The number of unbranched alkanes of at least 4 members (excludes halogenated alkanes) is 2. The molecule has 0 aromatic rings. The Kier molecular flexibility index (Phi) is 18.7. The summed E-state index contributed by atoms with van der Waals surface area (Å²) < 4.78 is 21.3. The Morgan fingerprint density at radius 3 is 1.68 bits per heavy atom. The van der Waals surface area contributed by atoms with Gasteiger partial charge in [0.1, 0.15) is 0 Å². The smallest absolute Gasteiger partial charge is 0.0701 e. The lowest BCUT2D eigenvalue weighted by Gasteiger charge is -2.08. The molecule has 0 heterocycles. The van der Waals surface area contributed by atoms with Crippen LogP contribution in [0.1, 0.15) is 46.0 Å². The van der Waals surface area contributed by atoms with Gasteiger partial charge in [-0.15, -0.1) is 0 Å². The molecule has 0 aliphatic carbocycles. The number of hydrogen-bond donors (Lipinski definition) is 1. The van der Waals surface area contributed by atoms with E-state index >= 15 is 0 Å². The van der Waals surface area contributed by atoms with Crippen molar-refractivity contribution in [1.82, 2.24) is 0 Å². The molecular formula is C17H36O5. The third-order valence-corrected chi connectivity index (χ3v) is 3.53. The molecule has 0 spiro atoms. The van der Waals surface area contributed by atoms with E-state index in [2.05, 4.69) is 13.8 Å². The molecule has 0 aliphatic heterocycles. The SMILES string of the molecule is CCC(C)CCCCCOCCOCCOCCOCCO. The summed E-state index contributed by atoms with van der Waals surface area (Å²) in [5.41, 5.74) is 0. The van der Waals surface area contributed by atoms with Gasteiger partial charge in [0, 0.05) is 6.61 Å². The Morgan fingerprint density at radius 2 is 1.18 bits per heavy atom. The van der Waals surface area contributed by atoms with Gasteiger partial charge in [-0.3, -0.25) is 0 Å². The van der Waals surface area contributed by atoms with Crippen LogP contribution in [0.2, 0.25) is 0 Å². The second kappa shape index (κ2) is 18.8. The molecule has 0 aliphatic rings. The van der Waals surface area contributed by atoms with Gasteiger partial charge in [-0.25, -0.2) is 0 Å². The molecule has 0 aromatic carbocycles. The summed E-state index contributed by atoms with van der Waals surface area (Å²) in [6, 6.07) is 0. The van der Waals surface area contributed by atoms with Gasteiger partial charge in [-0.1, -0.05) is 39.5 Å². The van der Waals surface area contributed by atoms with Gasteiger partial charge in [-0.2, -0.15) is 0 Å². The lowest BCUT2D eigenvalue weighted by Crippen LogP contribution is -2.12. The van der Waals surface area contributed by atoms with Crippen LogP contribution in [0.15, 0.2) is 0 Å². The Labute approximate surface area is 136 Å². The molecule has 0 rings (SSSR count). The fourth-order valence-corrected chi connectivity index (χ4v) is 1.90. The van der Waals surface area contributed by atoms with Gasteiger partial charge in [0.25, 0.3) is 0 Å². The predicted molar refractivity (Wildman–Crippen MR) is 88.3 cm³/mol. The molecule has 0 saturated carbocycles. The van der Waals surface area contributed by atoms with E-state index in [-0.39, 0.29) is 6.61 Å². The minimum atomic E-state index is 0.0565. The largest absolute Gasteiger partial charge is 0.394 e. The average molecular weight is 320 g/mol. The first-order chi connectivity index (χ1) is 10.8. The zero-order valence-corrected chi connectivity index (χ0v) is 14.6. The summed E-state index contributed by atoms with van der Waals surface area (Å²) in [5, 5.41) is 8.50. The monoisotopic (exact) mass is 320 g/mol. The van der Waals surface area contributed by atoms with Gasteiger partial charge >= 0.3 is 0 Å². The summed E-state index contributed by atoms with van der Waals surface area (Å²) in [6.45, 7) is 9.32. The Balaban J connectivity index is 2.97. The fourth-order valence-electron chi connectivity index (χ4n) is 1.90. The number of hydrogen-bond acceptors (Lipinski definition) is 5. The summed E-state index contributed by atoms with van der Waals surface area (Å²) in [4.78, 5) is 0. The number of rotatable bonds is 18. The van der Waals surface area contributed by atoms with E-state index in [0.717, 1.165) is 18.9 Å². The van der Waals surface area contributed by atoms with Gasteiger partial charge < -0.3 is 24.1 Å². The van der Waals surface area contributed by atoms with Crippen LogP contribution in [-0.2, 0) is 18.9 Å². The first kappa shape index (κ1) is 21.8. The topological polar surface area (TPSA) is 57.2 Å². The molecular weight excluding hydrogens is 284 g/mol. The second-order valence-electron chi connectivity index (χ2n) is 5.54. The molecule has 22 heavy (non-hydrogen) atoms. The lowest BCUT2D eigenvalue weighted by atomic mass is 10.0. The summed E-state index contributed by atoms with van der Waals surface area (Å²) >= 11 is 0. The van der Waals surface area contributed by atoms with Gasteiger partial charge in [0.15, 0.2) is 0 Å². The lowest BCUT2D eigenvalue weighted by molar-refractivity contribution is -0.00578. The summed E-state index contributed by atoms with van der Waals surface area (Å²) in [6.07, 6.45) is 6.34. The highest BCUT2D eigenvalue weighted by molar-refractivity contribution is 4.50. The Bertz CT molecular complexity index is 201. The van der Waals surface area contributed by atoms with Crippen LogP contribution in [0, 0.1) is 5.92 Å². The van der Waals surface area contributed by atoms with Gasteiger partial charge in [0.2, 0.25) is 0 Å². The fraction of sp³-hybridized carbons (Fsp3) is 1.00. The third-order valence-electron chi connectivity index (χ3n) is 3.53. The molecule has 1 unspecified atom stereocenters. The standard InChI is InChI=1S/C17H36O5/c1-3-17(2)7-5-4-6-9-19-11-13-21-15-16-22-14-12-20-10-8-18/h17-18H,3-16H2,1-2H3. The second-order valence-corrected chi connectivity index (χ2v) is 5.54. The van der Waals surface area contributed by atoms with E-state index in [9.17, 15) is 0 Å². The van der Waals surface area contributed by atoms with Crippen molar-refractivity contribution >= 4 is 0 Å². The molecule has 5 nitrogen and oxygen atoms in total. The van der Waals surface area contributed by atoms with Crippen molar-refractivity contribution in [2.24, 2.45) is 5.92 Å². The molecule has 0 aromatic heterocycles. The number of aliphatic hydroxyl groups excluding tert-OH is 1. The van der Waals surface area contributed by atoms with Crippen molar-refractivity contribution in [3.63, 3.8) is 0 Å². The van der Waals surface area contributed by atoms with Crippen LogP contribution in [-0.4, -0.2) is 64.6 Å². The molecule has 0 saturated heterocycles. The molecule has 0 amide bonds. The molecule has 1 atom stereocenters. The third kappa shape index (κ3) is 17.9. The van der Waals surface area contributed by atoms with Crippen LogP contribution in [0.25, 0.3) is 0 Å². The highest BCUT2D eigenvalue weighted by atomic mass is 16.6. The van der Waals surface area contributed by atoms with Gasteiger partial charge in [0.05, 0.1) is 52.9 Å². The number of aliphatic hydroxyl groups is 1. The molecule has 5 heteroatoms. The minimum absolute atomic E-state index is 0.0565. The predicted octanol–water partition coefficient (Wildman–Crippen LogP) is 2.65. The van der Waals surface area contributed by atoms with E-state index in [1.54, 1.807) is 0 Å². The van der Waals surface area contributed by atoms with Crippen molar-refractivity contribution in [3.8, 4) is 0 Å². The maximum atomic E-state index is 8.50. The molecule has 1 N–H and O–H groups in total.